The highest BCUT2D eigenvalue weighted by Crippen LogP contribution is 2.57. The molecule has 54 heavy (non-hydrogen) atoms. The maximum Gasteiger partial charge on any atom is 0.0714 e. The summed E-state index contributed by atoms with van der Waals surface area (Å²) in [5.74, 6) is 0. The van der Waals surface area contributed by atoms with E-state index in [1.54, 1.807) is 0 Å². The van der Waals surface area contributed by atoms with Crippen LogP contribution in [0.25, 0.3) is 55.6 Å². The summed E-state index contributed by atoms with van der Waals surface area (Å²) in [6.07, 6.45) is 0. The molecule has 0 radical (unpaired) electrons. The van der Waals surface area contributed by atoms with Gasteiger partial charge in [-0.05, 0) is 131 Å². The fourth-order valence-electron chi connectivity index (χ4n) is 9.23. The summed E-state index contributed by atoms with van der Waals surface area (Å²) in [5.41, 5.74) is 19.8. The minimum atomic E-state index is -0.447. The predicted octanol–water partition coefficient (Wildman–Crippen LogP) is 14.8. The van der Waals surface area contributed by atoms with Crippen molar-refractivity contribution in [2.75, 3.05) is 0 Å². The molecule has 0 atom stereocenters. The average molecular weight is 776 g/mol. The SMILES string of the molecule is CC1(C)c2cc(-c3ccc(Cl)cc3)ccc2-c2ccc(-c3ccc(-c4ccc5c(c4)C(c4ccccc4)(c4ccccc4)c4cc(Br)ccc4-5)cc3)cc21. The van der Waals surface area contributed by atoms with E-state index in [0.717, 1.165) is 9.50 Å². The first kappa shape index (κ1) is 33.1. The molecule has 258 valence electrons. The molecule has 0 aromatic heterocycles. The lowest BCUT2D eigenvalue weighted by Gasteiger charge is -2.34. The number of fused-ring (bicyclic) bond motifs is 6. The molecule has 2 aliphatic rings. The molecule has 0 bridgehead atoms. The van der Waals surface area contributed by atoms with Gasteiger partial charge in [-0.25, -0.2) is 0 Å². The van der Waals surface area contributed by atoms with E-state index in [1.165, 1.54) is 89.0 Å². The van der Waals surface area contributed by atoms with Gasteiger partial charge in [0.05, 0.1) is 5.41 Å². The van der Waals surface area contributed by atoms with Crippen LogP contribution in [0.4, 0.5) is 0 Å². The Balaban J connectivity index is 1.03. The van der Waals surface area contributed by atoms with Gasteiger partial charge >= 0.3 is 0 Å². The van der Waals surface area contributed by atoms with Crippen LogP contribution in [0.15, 0.2) is 186 Å². The zero-order valence-corrected chi connectivity index (χ0v) is 32.4. The van der Waals surface area contributed by atoms with Gasteiger partial charge in [-0.1, -0.05) is 181 Å². The molecule has 0 amide bonds. The fourth-order valence-corrected chi connectivity index (χ4v) is 9.72. The molecule has 8 aromatic carbocycles. The molecule has 0 saturated heterocycles. The van der Waals surface area contributed by atoms with E-state index in [2.05, 4.69) is 200 Å². The number of halogens is 2. The number of benzene rings is 8. The summed E-state index contributed by atoms with van der Waals surface area (Å²) in [4.78, 5) is 0. The van der Waals surface area contributed by atoms with Crippen molar-refractivity contribution in [3.8, 4) is 55.6 Å². The summed E-state index contributed by atoms with van der Waals surface area (Å²) in [5, 5.41) is 0.758. The molecule has 0 saturated carbocycles. The quantitative estimate of drug-likeness (QED) is 0.163. The van der Waals surface area contributed by atoms with Crippen LogP contribution in [0.2, 0.25) is 5.02 Å². The van der Waals surface area contributed by atoms with Gasteiger partial charge in [0, 0.05) is 14.9 Å². The van der Waals surface area contributed by atoms with Crippen molar-refractivity contribution in [1.82, 2.24) is 0 Å². The molecule has 0 heterocycles. The Labute approximate surface area is 330 Å². The van der Waals surface area contributed by atoms with Crippen molar-refractivity contribution in [1.29, 1.82) is 0 Å². The first-order chi connectivity index (χ1) is 26.3. The third-order valence-electron chi connectivity index (χ3n) is 11.9. The Kier molecular flexibility index (Phi) is 7.70. The second-order valence-corrected chi connectivity index (χ2v) is 16.5. The molecular formula is C52H36BrCl. The summed E-state index contributed by atoms with van der Waals surface area (Å²) in [6, 6.07) is 67.0. The highest BCUT2D eigenvalue weighted by atomic mass is 79.9. The highest BCUT2D eigenvalue weighted by molar-refractivity contribution is 9.10. The van der Waals surface area contributed by atoms with E-state index in [9.17, 15) is 0 Å². The standard InChI is InChI=1S/C52H36BrCl/c1-51(2)47-29-36(19-25-43(47)44-26-20-37(30-48(44)51)35-17-23-42(54)24-18-35)33-13-15-34(16-14-33)38-21-27-45-46-28-22-41(53)32-50(46)52(49(45)31-38,39-9-5-3-6-10-39)40-11-7-4-8-12-40/h3-32H,1-2H3. The monoisotopic (exact) mass is 774 g/mol. The Morgan fingerprint density at radius 3 is 1.19 bits per heavy atom. The molecule has 0 spiro atoms. The van der Waals surface area contributed by atoms with Crippen LogP contribution >= 0.6 is 27.5 Å². The van der Waals surface area contributed by atoms with Gasteiger partial charge in [0.25, 0.3) is 0 Å². The predicted molar refractivity (Wildman–Crippen MR) is 230 cm³/mol. The lowest BCUT2D eigenvalue weighted by molar-refractivity contribution is 0.661. The van der Waals surface area contributed by atoms with E-state index in [0.29, 0.717) is 0 Å². The molecule has 0 aliphatic heterocycles. The third kappa shape index (κ3) is 5.03. The number of hydrogen-bond donors (Lipinski definition) is 0. The van der Waals surface area contributed by atoms with Crippen LogP contribution in [0, 0.1) is 0 Å². The minimum absolute atomic E-state index is 0.120. The van der Waals surface area contributed by atoms with E-state index in [1.807, 2.05) is 12.1 Å². The van der Waals surface area contributed by atoms with Gasteiger partial charge in [0.15, 0.2) is 0 Å². The van der Waals surface area contributed by atoms with Crippen molar-refractivity contribution in [3.63, 3.8) is 0 Å². The fraction of sp³-hybridized carbons (Fsp3) is 0.0769. The Bertz CT molecular complexity index is 2690. The van der Waals surface area contributed by atoms with Crippen LogP contribution in [-0.4, -0.2) is 0 Å². The van der Waals surface area contributed by atoms with E-state index in [4.69, 9.17) is 11.6 Å². The van der Waals surface area contributed by atoms with E-state index < -0.39 is 5.41 Å². The Morgan fingerprint density at radius 1 is 0.370 bits per heavy atom. The number of hydrogen-bond acceptors (Lipinski definition) is 0. The van der Waals surface area contributed by atoms with Crippen LogP contribution in [0.1, 0.15) is 47.2 Å². The molecule has 0 unspecified atom stereocenters. The molecule has 8 aromatic rings. The zero-order valence-electron chi connectivity index (χ0n) is 30.1. The highest BCUT2D eigenvalue weighted by Gasteiger charge is 2.46. The topological polar surface area (TPSA) is 0 Å². The van der Waals surface area contributed by atoms with Crippen molar-refractivity contribution in [2.45, 2.75) is 24.7 Å². The van der Waals surface area contributed by atoms with Gasteiger partial charge in [-0.2, -0.15) is 0 Å². The normalized spacial score (nSPS) is 14.2. The summed E-state index contributed by atoms with van der Waals surface area (Å²) in [6.45, 7) is 4.71. The summed E-state index contributed by atoms with van der Waals surface area (Å²) in [7, 11) is 0. The summed E-state index contributed by atoms with van der Waals surface area (Å²) < 4.78 is 1.09. The van der Waals surface area contributed by atoms with Crippen LogP contribution in [0.5, 0.6) is 0 Å². The second kappa shape index (κ2) is 12.6. The van der Waals surface area contributed by atoms with Crippen LogP contribution in [0.3, 0.4) is 0 Å². The zero-order chi connectivity index (χ0) is 36.6. The third-order valence-corrected chi connectivity index (χ3v) is 12.7. The molecule has 2 heteroatoms. The first-order valence-electron chi connectivity index (χ1n) is 18.5. The van der Waals surface area contributed by atoms with Crippen molar-refractivity contribution in [3.05, 3.63) is 225 Å². The molecule has 10 rings (SSSR count). The molecule has 0 N–H and O–H groups in total. The van der Waals surface area contributed by atoms with Crippen molar-refractivity contribution < 1.29 is 0 Å². The van der Waals surface area contributed by atoms with Crippen LogP contribution < -0.4 is 0 Å². The number of rotatable bonds is 5. The smallest absolute Gasteiger partial charge is 0.0714 e. The maximum absolute atomic E-state index is 6.20. The van der Waals surface area contributed by atoms with E-state index >= 15 is 0 Å². The lowest BCUT2D eigenvalue weighted by atomic mass is 9.67. The molecule has 0 fully saturated rings. The van der Waals surface area contributed by atoms with Gasteiger partial charge in [-0.3, -0.25) is 0 Å². The van der Waals surface area contributed by atoms with Gasteiger partial charge in [0.1, 0.15) is 0 Å². The van der Waals surface area contributed by atoms with Gasteiger partial charge < -0.3 is 0 Å². The lowest BCUT2D eigenvalue weighted by Crippen LogP contribution is -2.28. The summed E-state index contributed by atoms with van der Waals surface area (Å²) >= 11 is 10.0. The Morgan fingerprint density at radius 2 is 0.722 bits per heavy atom. The van der Waals surface area contributed by atoms with Gasteiger partial charge in [-0.15, -0.1) is 0 Å². The molecule has 2 aliphatic carbocycles. The van der Waals surface area contributed by atoms with Gasteiger partial charge in [0.2, 0.25) is 0 Å². The molecule has 0 nitrogen and oxygen atoms in total. The minimum Gasteiger partial charge on any atom is -0.0843 e. The van der Waals surface area contributed by atoms with Crippen LogP contribution in [-0.2, 0) is 10.8 Å². The maximum atomic E-state index is 6.20. The largest absolute Gasteiger partial charge is 0.0843 e. The average Bonchev–Trinajstić information content (AvgIpc) is 3.63. The van der Waals surface area contributed by atoms with Crippen molar-refractivity contribution in [2.24, 2.45) is 0 Å². The first-order valence-corrected chi connectivity index (χ1v) is 19.7. The van der Waals surface area contributed by atoms with Crippen molar-refractivity contribution >= 4 is 27.5 Å². The molecular weight excluding hydrogens is 740 g/mol. The van der Waals surface area contributed by atoms with E-state index in [-0.39, 0.29) is 5.41 Å². The Hall–Kier alpha value is -5.47. The second-order valence-electron chi connectivity index (χ2n) is 15.2.